The molecule has 2 bridgehead atoms. The van der Waals surface area contributed by atoms with Crippen molar-refractivity contribution in [2.75, 3.05) is 7.11 Å². The van der Waals surface area contributed by atoms with Gasteiger partial charge in [-0.05, 0) is 44.3 Å². The number of aliphatic hydroxyl groups is 1. The summed E-state index contributed by atoms with van der Waals surface area (Å²) in [5.41, 5.74) is -0.140. The van der Waals surface area contributed by atoms with E-state index in [4.69, 9.17) is 23.7 Å². The molecule has 9 heteroatoms. The molecule has 9 nitrogen and oxygen atoms in total. The van der Waals surface area contributed by atoms with Gasteiger partial charge >= 0.3 is 11.9 Å². The standard InChI is InChI=1S/C27H38O9/c1-14-6-7-22-27(4,36-22)21(29)13-19(16(3)24(32-5)15(2)8-9-28)35-26(31)25-20(34-25)11-17-10-18(14)33-23(30)12-17/h6-9,14,16-22,24-25,29H,10-13H2,1-5H3/b7-6+,15-8+/t14-,16+,17+,18-,19+,20+,21+,22-,24+,25-,27+/m1/s1. The van der Waals surface area contributed by atoms with Gasteiger partial charge in [0.1, 0.15) is 30.2 Å². The maximum atomic E-state index is 13.1. The van der Waals surface area contributed by atoms with Gasteiger partial charge in [-0.1, -0.05) is 26.0 Å². The van der Waals surface area contributed by atoms with Crippen molar-refractivity contribution in [1.29, 1.82) is 0 Å². The normalized spacial score (nSPS) is 43.7. The van der Waals surface area contributed by atoms with Crippen LogP contribution in [0.25, 0.3) is 0 Å². The number of aldehydes is 1. The molecule has 0 saturated carbocycles. The van der Waals surface area contributed by atoms with Crippen molar-refractivity contribution < 1.29 is 43.2 Å². The quantitative estimate of drug-likeness (QED) is 0.197. The number of ether oxygens (including phenoxy) is 5. The number of rotatable bonds is 5. The number of hydrogen-bond donors (Lipinski definition) is 1. The third-order valence-corrected chi connectivity index (χ3v) is 8.23. The summed E-state index contributed by atoms with van der Waals surface area (Å²) in [5.74, 6) is -1.04. The maximum absolute atomic E-state index is 13.1. The zero-order chi connectivity index (χ0) is 26.2. The molecule has 4 aliphatic rings. The van der Waals surface area contributed by atoms with E-state index < -0.39 is 36.0 Å². The van der Waals surface area contributed by atoms with Gasteiger partial charge in [-0.15, -0.1) is 0 Å². The SMILES string of the molecule is CO[C@@H](/C(C)=C/C=O)[C@@H](C)[C@@H]1C[C@H](O)[C@]2(C)O[C@@H]2/C=C/[C@@H](C)[C@H]2C[C@H](CC(=O)O2)C[C@@H]2O[C@H]2C(=O)O1. The molecule has 0 aromatic heterocycles. The van der Waals surface area contributed by atoms with E-state index in [1.54, 1.807) is 6.92 Å². The van der Waals surface area contributed by atoms with Crippen molar-refractivity contribution in [1.82, 2.24) is 0 Å². The summed E-state index contributed by atoms with van der Waals surface area (Å²) in [6.07, 6.45) is 4.05. The lowest BCUT2D eigenvalue weighted by atomic mass is 9.84. The zero-order valence-corrected chi connectivity index (χ0v) is 21.6. The van der Waals surface area contributed by atoms with E-state index >= 15 is 0 Å². The Kier molecular flexibility index (Phi) is 8.04. The van der Waals surface area contributed by atoms with Gasteiger partial charge in [-0.3, -0.25) is 9.59 Å². The highest BCUT2D eigenvalue weighted by atomic mass is 16.6. The van der Waals surface area contributed by atoms with Gasteiger partial charge < -0.3 is 28.8 Å². The van der Waals surface area contributed by atoms with E-state index in [0.29, 0.717) is 31.1 Å². The van der Waals surface area contributed by atoms with E-state index in [-0.39, 0.29) is 48.5 Å². The van der Waals surface area contributed by atoms with Crippen LogP contribution in [-0.4, -0.2) is 78.8 Å². The first kappa shape index (κ1) is 27.0. The van der Waals surface area contributed by atoms with Crippen LogP contribution in [0.4, 0.5) is 0 Å². The summed E-state index contributed by atoms with van der Waals surface area (Å²) in [7, 11) is 1.53. The molecule has 0 aliphatic carbocycles. The number of cyclic esters (lactones) is 1. The first-order valence-corrected chi connectivity index (χ1v) is 12.8. The molecule has 0 radical (unpaired) electrons. The fourth-order valence-electron chi connectivity index (χ4n) is 5.66. The predicted molar refractivity (Wildman–Crippen MR) is 128 cm³/mol. The molecule has 0 aromatic rings. The molecule has 0 aromatic carbocycles. The highest BCUT2D eigenvalue weighted by Crippen LogP contribution is 2.44. The summed E-state index contributed by atoms with van der Waals surface area (Å²) in [6, 6.07) is 0. The molecule has 200 valence electrons. The number of carbonyl (C=O) groups excluding carboxylic acids is 3. The molecule has 4 heterocycles. The Morgan fingerprint density at radius 1 is 1.19 bits per heavy atom. The van der Waals surface area contributed by atoms with Crippen LogP contribution < -0.4 is 0 Å². The minimum absolute atomic E-state index is 0.0149. The van der Waals surface area contributed by atoms with Crippen LogP contribution in [0, 0.1) is 17.8 Å². The van der Waals surface area contributed by atoms with Gasteiger partial charge in [0.2, 0.25) is 0 Å². The van der Waals surface area contributed by atoms with Crippen LogP contribution in [0.2, 0.25) is 0 Å². The van der Waals surface area contributed by atoms with Gasteiger partial charge in [0, 0.05) is 31.8 Å². The molecule has 4 aliphatic heterocycles. The number of aliphatic hydroxyl groups excluding tert-OH is 1. The smallest absolute Gasteiger partial charge is 0.338 e. The number of esters is 2. The Bertz CT molecular complexity index is 913. The summed E-state index contributed by atoms with van der Waals surface area (Å²) < 4.78 is 28.7. The predicted octanol–water partition coefficient (Wildman–Crippen LogP) is 2.29. The average Bonchev–Trinajstić information content (AvgIpc) is 3.73. The molecular weight excluding hydrogens is 468 g/mol. The third-order valence-electron chi connectivity index (χ3n) is 8.23. The first-order valence-electron chi connectivity index (χ1n) is 12.8. The second kappa shape index (κ2) is 10.7. The van der Waals surface area contributed by atoms with Crippen LogP contribution in [0.15, 0.2) is 23.8 Å². The Labute approximate surface area is 212 Å². The van der Waals surface area contributed by atoms with E-state index in [9.17, 15) is 19.5 Å². The van der Waals surface area contributed by atoms with E-state index in [0.717, 1.165) is 0 Å². The average molecular weight is 507 g/mol. The van der Waals surface area contributed by atoms with Gasteiger partial charge in [-0.25, -0.2) is 4.79 Å². The summed E-state index contributed by atoms with van der Waals surface area (Å²) >= 11 is 0. The lowest BCUT2D eigenvalue weighted by Gasteiger charge is -2.32. The van der Waals surface area contributed by atoms with E-state index in [2.05, 4.69) is 0 Å². The zero-order valence-electron chi connectivity index (χ0n) is 21.6. The Balaban J connectivity index is 1.58. The van der Waals surface area contributed by atoms with Crippen LogP contribution in [0.1, 0.15) is 53.4 Å². The van der Waals surface area contributed by atoms with Crippen molar-refractivity contribution in [3.8, 4) is 0 Å². The fourth-order valence-corrected chi connectivity index (χ4v) is 5.66. The fraction of sp³-hybridized carbons (Fsp3) is 0.741. The van der Waals surface area contributed by atoms with Crippen molar-refractivity contribution >= 4 is 18.2 Å². The Hall–Kier alpha value is -2.07. The Morgan fingerprint density at radius 2 is 1.92 bits per heavy atom. The second-order valence-corrected chi connectivity index (χ2v) is 10.9. The number of carbonyl (C=O) groups is 3. The highest BCUT2D eigenvalue weighted by Gasteiger charge is 2.57. The molecule has 36 heavy (non-hydrogen) atoms. The summed E-state index contributed by atoms with van der Waals surface area (Å²) in [6.45, 7) is 7.48. The number of hydrogen-bond acceptors (Lipinski definition) is 9. The van der Waals surface area contributed by atoms with Crippen molar-refractivity contribution in [3.05, 3.63) is 23.8 Å². The van der Waals surface area contributed by atoms with Crippen molar-refractivity contribution in [2.45, 2.75) is 102 Å². The lowest BCUT2D eigenvalue weighted by molar-refractivity contribution is -0.159. The monoisotopic (exact) mass is 506 g/mol. The minimum atomic E-state index is -0.920. The lowest BCUT2D eigenvalue weighted by Crippen LogP contribution is -2.42. The Morgan fingerprint density at radius 3 is 2.61 bits per heavy atom. The van der Waals surface area contributed by atoms with E-state index in [1.165, 1.54) is 13.2 Å². The molecule has 3 saturated heterocycles. The largest absolute Gasteiger partial charge is 0.462 e. The minimum Gasteiger partial charge on any atom is -0.462 e. The molecule has 11 atom stereocenters. The first-order chi connectivity index (χ1) is 17.1. The molecule has 0 amide bonds. The molecular formula is C27H38O9. The summed E-state index contributed by atoms with van der Waals surface area (Å²) in [4.78, 5) is 36.4. The number of methoxy groups -OCH3 is 1. The molecule has 0 unspecified atom stereocenters. The van der Waals surface area contributed by atoms with Crippen molar-refractivity contribution in [2.24, 2.45) is 17.8 Å². The molecule has 4 rings (SSSR count). The van der Waals surface area contributed by atoms with Gasteiger partial charge in [0.25, 0.3) is 0 Å². The van der Waals surface area contributed by atoms with Crippen LogP contribution in [0.3, 0.4) is 0 Å². The molecule has 1 N–H and O–H groups in total. The van der Waals surface area contributed by atoms with Gasteiger partial charge in [0.15, 0.2) is 6.10 Å². The number of fused-ring (bicyclic) bond motifs is 4. The summed E-state index contributed by atoms with van der Waals surface area (Å²) in [5, 5.41) is 11.1. The van der Waals surface area contributed by atoms with E-state index in [1.807, 2.05) is 32.9 Å². The molecule has 0 spiro atoms. The van der Waals surface area contributed by atoms with Crippen LogP contribution in [0.5, 0.6) is 0 Å². The van der Waals surface area contributed by atoms with Crippen molar-refractivity contribution in [3.63, 3.8) is 0 Å². The highest BCUT2D eigenvalue weighted by molar-refractivity contribution is 5.78. The van der Waals surface area contributed by atoms with Gasteiger partial charge in [-0.2, -0.15) is 0 Å². The number of epoxide rings is 2. The third kappa shape index (κ3) is 5.74. The second-order valence-electron chi connectivity index (χ2n) is 10.9. The topological polar surface area (TPSA) is 124 Å². The van der Waals surface area contributed by atoms with Crippen LogP contribution >= 0.6 is 0 Å². The molecule has 3 fully saturated rings. The van der Waals surface area contributed by atoms with Crippen LogP contribution in [-0.2, 0) is 38.1 Å². The number of allylic oxidation sites excluding steroid dienone is 1. The van der Waals surface area contributed by atoms with Gasteiger partial charge in [0.05, 0.1) is 18.3 Å². The maximum Gasteiger partial charge on any atom is 0.338 e.